The third kappa shape index (κ3) is 2.62. The van der Waals surface area contributed by atoms with Crippen molar-refractivity contribution in [3.63, 3.8) is 0 Å². The molecule has 2 bridgehead atoms. The highest BCUT2D eigenvalue weighted by Crippen LogP contribution is 2.31. The van der Waals surface area contributed by atoms with E-state index in [4.69, 9.17) is 0 Å². The SMILES string of the molecule is CN1C[C@@H]2CC[C@](COC(F)(F)F)(C1)N2. The predicted octanol–water partition coefficient (Wildman–Crippen LogP) is 0.959. The average molecular weight is 224 g/mol. The Morgan fingerprint density at radius 3 is 2.93 bits per heavy atom. The van der Waals surface area contributed by atoms with Crippen LogP contribution < -0.4 is 5.32 Å². The van der Waals surface area contributed by atoms with Crippen molar-refractivity contribution in [1.82, 2.24) is 10.2 Å². The second-order valence-corrected chi connectivity index (χ2v) is 4.59. The van der Waals surface area contributed by atoms with E-state index in [1.165, 1.54) is 0 Å². The first-order valence-corrected chi connectivity index (χ1v) is 5.06. The summed E-state index contributed by atoms with van der Waals surface area (Å²) in [5.41, 5.74) is -0.493. The van der Waals surface area contributed by atoms with E-state index in [1.54, 1.807) is 0 Å². The van der Waals surface area contributed by atoms with Crippen molar-refractivity contribution in [2.75, 3.05) is 26.7 Å². The molecule has 2 aliphatic heterocycles. The molecule has 6 heteroatoms. The Morgan fingerprint density at radius 1 is 1.53 bits per heavy atom. The lowest BCUT2D eigenvalue weighted by Crippen LogP contribution is -2.61. The number of likely N-dealkylation sites (tertiary alicyclic amines) is 1. The Balaban J connectivity index is 1.95. The van der Waals surface area contributed by atoms with Gasteiger partial charge in [-0.15, -0.1) is 13.2 Å². The predicted molar refractivity (Wildman–Crippen MR) is 48.4 cm³/mol. The molecule has 88 valence electrons. The van der Waals surface area contributed by atoms with E-state index in [-0.39, 0.29) is 6.61 Å². The molecule has 0 aromatic heterocycles. The molecule has 0 aliphatic carbocycles. The van der Waals surface area contributed by atoms with Gasteiger partial charge < -0.3 is 10.2 Å². The maximum absolute atomic E-state index is 12.0. The molecule has 0 aromatic rings. The normalized spacial score (nSPS) is 37.2. The van der Waals surface area contributed by atoms with Crippen LogP contribution in [0.1, 0.15) is 12.8 Å². The monoisotopic (exact) mass is 224 g/mol. The van der Waals surface area contributed by atoms with Crippen molar-refractivity contribution in [1.29, 1.82) is 0 Å². The van der Waals surface area contributed by atoms with Gasteiger partial charge >= 0.3 is 6.36 Å². The minimum Gasteiger partial charge on any atom is -0.304 e. The van der Waals surface area contributed by atoms with Crippen molar-refractivity contribution in [3.05, 3.63) is 0 Å². The molecular weight excluding hydrogens is 209 g/mol. The zero-order valence-electron chi connectivity index (χ0n) is 8.60. The summed E-state index contributed by atoms with van der Waals surface area (Å²) in [6.07, 6.45) is -2.83. The third-order valence-corrected chi connectivity index (χ3v) is 3.10. The molecule has 1 N–H and O–H groups in total. The number of hydrogen-bond acceptors (Lipinski definition) is 3. The summed E-state index contributed by atoms with van der Waals surface area (Å²) in [7, 11) is 1.93. The lowest BCUT2D eigenvalue weighted by Gasteiger charge is -2.39. The highest BCUT2D eigenvalue weighted by atomic mass is 19.4. The highest BCUT2D eigenvalue weighted by molar-refractivity contribution is 5.04. The Kier molecular flexibility index (Phi) is 2.68. The van der Waals surface area contributed by atoms with Gasteiger partial charge in [0.25, 0.3) is 0 Å². The van der Waals surface area contributed by atoms with Crippen LogP contribution in [0.5, 0.6) is 0 Å². The second kappa shape index (κ2) is 3.61. The topological polar surface area (TPSA) is 24.5 Å². The van der Waals surface area contributed by atoms with Gasteiger partial charge in [0.05, 0.1) is 12.1 Å². The molecule has 0 saturated carbocycles. The van der Waals surface area contributed by atoms with Gasteiger partial charge in [0, 0.05) is 19.1 Å². The summed E-state index contributed by atoms with van der Waals surface area (Å²) < 4.78 is 39.8. The molecule has 2 rings (SSSR count). The van der Waals surface area contributed by atoms with Gasteiger partial charge in [-0.3, -0.25) is 4.74 Å². The quantitative estimate of drug-likeness (QED) is 0.756. The molecule has 0 spiro atoms. The number of nitrogens with one attached hydrogen (secondary N) is 1. The average Bonchev–Trinajstić information content (AvgIpc) is 2.39. The standard InChI is InChI=1S/C9H15F3N2O/c1-14-4-7-2-3-8(5-14,13-7)6-15-9(10,11)12/h7,13H,2-6H2,1H3/t7-,8+/m0/s1. The van der Waals surface area contributed by atoms with E-state index >= 15 is 0 Å². The number of halogens is 3. The van der Waals surface area contributed by atoms with Crippen LogP contribution in [-0.2, 0) is 4.74 Å². The fraction of sp³-hybridized carbons (Fsp3) is 1.00. The van der Waals surface area contributed by atoms with Crippen LogP contribution in [0.15, 0.2) is 0 Å². The highest BCUT2D eigenvalue weighted by Gasteiger charge is 2.46. The number of fused-ring (bicyclic) bond motifs is 2. The summed E-state index contributed by atoms with van der Waals surface area (Å²) in [6.45, 7) is 1.25. The van der Waals surface area contributed by atoms with Crippen LogP contribution in [0.25, 0.3) is 0 Å². The zero-order valence-corrected chi connectivity index (χ0v) is 8.60. The van der Waals surface area contributed by atoms with Crippen LogP contribution >= 0.6 is 0 Å². The van der Waals surface area contributed by atoms with Gasteiger partial charge in [-0.1, -0.05) is 0 Å². The summed E-state index contributed by atoms with van der Waals surface area (Å²) in [5, 5.41) is 3.24. The first kappa shape index (κ1) is 11.2. The molecule has 2 heterocycles. The summed E-state index contributed by atoms with van der Waals surface area (Å²) >= 11 is 0. The minimum atomic E-state index is -4.52. The molecule has 0 aromatic carbocycles. The molecular formula is C9H15F3N2O. The molecule has 15 heavy (non-hydrogen) atoms. The minimum absolute atomic E-state index is 0.280. The van der Waals surface area contributed by atoms with Gasteiger partial charge in [-0.25, -0.2) is 0 Å². The van der Waals surface area contributed by atoms with Crippen LogP contribution in [0, 0.1) is 0 Å². The Bertz CT molecular complexity index is 246. The molecule has 2 aliphatic rings. The molecule has 0 unspecified atom stereocenters. The van der Waals surface area contributed by atoms with Crippen LogP contribution in [0.2, 0.25) is 0 Å². The van der Waals surface area contributed by atoms with E-state index in [0.717, 1.165) is 19.4 Å². The number of nitrogens with zero attached hydrogens (tertiary/aromatic N) is 1. The molecule has 2 saturated heterocycles. The van der Waals surface area contributed by atoms with Crippen LogP contribution in [0.3, 0.4) is 0 Å². The molecule has 0 radical (unpaired) electrons. The fourth-order valence-corrected chi connectivity index (χ4v) is 2.63. The Morgan fingerprint density at radius 2 is 2.27 bits per heavy atom. The molecule has 2 atom stereocenters. The van der Waals surface area contributed by atoms with Crippen LogP contribution in [-0.4, -0.2) is 49.6 Å². The van der Waals surface area contributed by atoms with Crippen LogP contribution in [0.4, 0.5) is 13.2 Å². The van der Waals surface area contributed by atoms with Gasteiger partial charge in [0.2, 0.25) is 0 Å². The number of piperazine rings is 1. The van der Waals surface area contributed by atoms with Crippen molar-refractivity contribution in [3.8, 4) is 0 Å². The van der Waals surface area contributed by atoms with Crippen molar-refractivity contribution >= 4 is 0 Å². The van der Waals surface area contributed by atoms with E-state index in [1.807, 2.05) is 7.05 Å². The number of hydrogen-bond donors (Lipinski definition) is 1. The van der Waals surface area contributed by atoms with Crippen molar-refractivity contribution < 1.29 is 17.9 Å². The first-order valence-electron chi connectivity index (χ1n) is 5.06. The number of likely N-dealkylation sites (N-methyl/N-ethyl adjacent to an activating group) is 1. The maximum atomic E-state index is 12.0. The number of alkyl halides is 3. The molecule has 3 nitrogen and oxygen atoms in total. The van der Waals surface area contributed by atoms with E-state index in [2.05, 4.69) is 15.0 Å². The Hall–Kier alpha value is -0.330. The maximum Gasteiger partial charge on any atom is 0.522 e. The Labute approximate surface area is 86.6 Å². The van der Waals surface area contributed by atoms with E-state index < -0.39 is 11.9 Å². The van der Waals surface area contributed by atoms with Crippen molar-refractivity contribution in [2.45, 2.75) is 30.8 Å². The van der Waals surface area contributed by atoms with Gasteiger partial charge in [-0.05, 0) is 19.9 Å². The smallest absolute Gasteiger partial charge is 0.304 e. The number of ether oxygens (including phenoxy) is 1. The van der Waals surface area contributed by atoms with E-state index in [0.29, 0.717) is 12.6 Å². The van der Waals surface area contributed by atoms with Gasteiger partial charge in [0.1, 0.15) is 0 Å². The lowest BCUT2D eigenvalue weighted by atomic mass is 9.98. The van der Waals surface area contributed by atoms with Crippen molar-refractivity contribution in [2.24, 2.45) is 0 Å². The van der Waals surface area contributed by atoms with Gasteiger partial charge in [-0.2, -0.15) is 0 Å². The first-order chi connectivity index (χ1) is 6.89. The third-order valence-electron chi connectivity index (χ3n) is 3.10. The summed E-state index contributed by atoms with van der Waals surface area (Å²) in [4.78, 5) is 2.06. The fourth-order valence-electron chi connectivity index (χ4n) is 2.63. The lowest BCUT2D eigenvalue weighted by molar-refractivity contribution is -0.330. The largest absolute Gasteiger partial charge is 0.522 e. The molecule has 0 amide bonds. The van der Waals surface area contributed by atoms with E-state index in [9.17, 15) is 13.2 Å². The summed E-state index contributed by atoms with van der Waals surface area (Å²) in [5.74, 6) is 0. The number of rotatable bonds is 2. The summed E-state index contributed by atoms with van der Waals surface area (Å²) in [6, 6.07) is 0.320. The zero-order chi connectivity index (χ0) is 11.1. The molecule has 2 fully saturated rings. The van der Waals surface area contributed by atoms with Gasteiger partial charge in [0.15, 0.2) is 0 Å². The second-order valence-electron chi connectivity index (χ2n) is 4.59.